The molecule has 2 aliphatic rings. The van der Waals surface area contributed by atoms with E-state index in [1.165, 1.54) is 31.4 Å². The van der Waals surface area contributed by atoms with Crippen LogP contribution in [0.3, 0.4) is 0 Å². The maximum atomic E-state index is 10.3. The monoisotopic (exact) mass is 375 g/mol. The average molecular weight is 376 g/mol. The summed E-state index contributed by atoms with van der Waals surface area (Å²) in [6.45, 7) is 10.8. The number of hydrogen-bond acceptors (Lipinski definition) is 5. The molecule has 1 aliphatic carbocycles. The minimum atomic E-state index is -0.442. The summed E-state index contributed by atoms with van der Waals surface area (Å²) in [4.78, 5) is 7.20. The molecule has 1 aromatic rings. The molecule has 27 heavy (non-hydrogen) atoms. The number of rotatable bonds is 10. The fourth-order valence-electron chi connectivity index (χ4n) is 4.06. The second-order valence-electron chi connectivity index (χ2n) is 8.34. The quantitative estimate of drug-likeness (QED) is 0.679. The highest BCUT2D eigenvalue weighted by Crippen LogP contribution is 2.27. The smallest absolute Gasteiger partial charge is 0.119 e. The molecule has 0 aromatic heterocycles. The molecule has 1 saturated carbocycles. The Kier molecular flexibility index (Phi) is 7.94. The van der Waals surface area contributed by atoms with Gasteiger partial charge in [-0.2, -0.15) is 0 Å². The number of ether oxygens (including phenoxy) is 1. The van der Waals surface area contributed by atoms with Gasteiger partial charge in [-0.3, -0.25) is 4.90 Å². The molecule has 1 aromatic carbocycles. The zero-order chi connectivity index (χ0) is 19.1. The molecule has 1 atom stereocenters. The van der Waals surface area contributed by atoms with Gasteiger partial charge in [-0.25, -0.2) is 0 Å². The summed E-state index contributed by atoms with van der Waals surface area (Å²) in [6.07, 6.45) is 3.74. The molecule has 1 aliphatic heterocycles. The number of piperazine rings is 1. The molecule has 3 rings (SSSR count). The van der Waals surface area contributed by atoms with Crippen molar-refractivity contribution in [1.82, 2.24) is 14.7 Å². The van der Waals surface area contributed by atoms with Gasteiger partial charge >= 0.3 is 0 Å². The maximum Gasteiger partial charge on any atom is 0.119 e. The summed E-state index contributed by atoms with van der Waals surface area (Å²) < 4.78 is 5.88. The Morgan fingerprint density at radius 3 is 2.59 bits per heavy atom. The lowest BCUT2D eigenvalue weighted by atomic mass is 9.85. The molecular formula is C22H37N3O2. The van der Waals surface area contributed by atoms with E-state index in [1.54, 1.807) is 0 Å². The third-order valence-electron chi connectivity index (χ3n) is 5.97. The van der Waals surface area contributed by atoms with Crippen LogP contribution in [-0.2, 0) is 6.54 Å². The van der Waals surface area contributed by atoms with E-state index in [4.69, 9.17) is 4.74 Å². The number of benzene rings is 1. The molecule has 0 bridgehead atoms. The summed E-state index contributed by atoms with van der Waals surface area (Å²) in [5.74, 6) is 1.75. The van der Waals surface area contributed by atoms with Crippen LogP contribution in [0, 0.1) is 5.92 Å². The Morgan fingerprint density at radius 1 is 1.19 bits per heavy atom. The second kappa shape index (κ2) is 10.4. The van der Waals surface area contributed by atoms with Crippen LogP contribution in [0.2, 0.25) is 0 Å². The highest BCUT2D eigenvalue weighted by atomic mass is 16.5. The first-order chi connectivity index (χ1) is 13.1. The van der Waals surface area contributed by atoms with Crippen LogP contribution in [0.5, 0.6) is 5.75 Å². The van der Waals surface area contributed by atoms with Crippen molar-refractivity contribution in [2.45, 2.75) is 38.8 Å². The molecule has 5 nitrogen and oxygen atoms in total. The SMILES string of the molecule is CCN1CCN(C[C@H](O)COc2cccc(CN(C)CC3CCC3)c2)CC1. The predicted octanol–water partition coefficient (Wildman–Crippen LogP) is 2.30. The highest BCUT2D eigenvalue weighted by Gasteiger charge is 2.20. The van der Waals surface area contributed by atoms with E-state index in [9.17, 15) is 5.11 Å². The lowest BCUT2D eigenvalue weighted by molar-refractivity contribution is 0.0470. The molecule has 1 saturated heterocycles. The Morgan fingerprint density at radius 2 is 1.93 bits per heavy atom. The van der Waals surface area contributed by atoms with Crippen molar-refractivity contribution in [1.29, 1.82) is 0 Å². The summed E-state index contributed by atoms with van der Waals surface area (Å²) in [6, 6.07) is 8.32. The average Bonchev–Trinajstić information content (AvgIpc) is 2.64. The molecule has 0 unspecified atom stereocenters. The van der Waals surface area contributed by atoms with E-state index >= 15 is 0 Å². The minimum absolute atomic E-state index is 0.357. The van der Waals surface area contributed by atoms with E-state index in [0.29, 0.717) is 13.2 Å². The number of aliphatic hydroxyl groups excluding tert-OH is 1. The van der Waals surface area contributed by atoms with E-state index < -0.39 is 6.10 Å². The molecular weight excluding hydrogens is 338 g/mol. The maximum absolute atomic E-state index is 10.3. The van der Waals surface area contributed by atoms with Crippen LogP contribution < -0.4 is 4.74 Å². The van der Waals surface area contributed by atoms with Crippen molar-refractivity contribution in [3.63, 3.8) is 0 Å². The van der Waals surface area contributed by atoms with Crippen molar-refractivity contribution >= 4 is 0 Å². The fraction of sp³-hybridized carbons (Fsp3) is 0.727. The second-order valence-corrected chi connectivity index (χ2v) is 8.34. The third kappa shape index (κ3) is 6.75. The van der Waals surface area contributed by atoms with Gasteiger partial charge in [0, 0.05) is 45.8 Å². The van der Waals surface area contributed by atoms with E-state index in [0.717, 1.165) is 50.9 Å². The van der Waals surface area contributed by atoms with Gasteiger partial charge in [0.05, 0.1) is 0 Å². The zero-order valence-corrected chi connectivity index (χ0v) is 17.1. The third-order valence-corrected chi connectivity index (χ3v) is 5.97. The van der Waals surface area contributed by atoms with Crippen molar-refractivity contribution in [3.8, 4) is 5.75 Å². The predicted molar refractivity (Wildman–Crippen MR) is 110 cm³/mol. The van der Waals surface area contributed by atoms with Crippen molar-refractivity contribution < 1.29 is 9.84 Å². The van der Waals surface area contributed by atoms with Crippen LogP contribution in [0.15, 0.2) is 24.3 Å². The van der Waals surface area contributed by atoms with Gasteiger partial charge in [0.1, 0.15) is 18.5 Å². The van der Waals surface area contributed by atoms with E-state index in [2.05, 4.69) is 46.9 Å². The topological polar surface area (TPSA) is 39.2 Å². The summed E-state index contributed by atoms with van der Waals surface area (Å²) in [5, 5.41) is 10.3. The van der Waals surface area contributed by atoms with Gasteiger partial charge < -0.3 is 19.6 Å². The number of nitrogens with zero attached hydrogens (tertiary/aromatic N) is 3. The Labute approximate surface area is 164 Å². The Bertz CT molecular complexity index is 556. The van der Waals surface area contributed by atoms with Gasteiger partial charge in [0.2, 0.25) is 0 Å². The summed E-state index contributed by atoms with van der Waals surface area (Å²) in [7, 11) is 2.20. The number of hydrogen-bond donors (Lipinski definition) is 1. The fourth-order valence-corrected chi connectivity index (χ4v) is 4.06. The standard InChI is InChI=1S/C22H37N3O2/c1-3-24-10-12-25(13-11-24)17-21(26)18-27-22-9-5-8-20(14-22)16-23(2)15-19-6-4-7-19/h5,8-9,14,19,21,26H,3-4,6-7,10-13,15-18H2,1-2H3/t21-/m0/s1. The van der Waals surface area contributed by atoms with Crippen LogP contribution in [-0.4, -0.2) is 85.4 Å². The minimum Gasteiger partial charge on any atom is -0.491 e. The number of β-amino-alcohol motifs (C(OH)–C–C–N with tert-alkyl or cyclic N) is 1. The first-order valence-electron chi connectivity index (χ1n) is 10.7. The molecule has 1 heterocycles. The van der Waals surface area contributed by atoms with Crippen molar-refractivity contribution in [2.24, 2.45) is 5.92 Å². The molecule has 0 spiro atoms. The van der Waals surface area contributed by atoms with Gasteiger partial charge in [-0.05, 0) is 50.0 Å². The normalized spacial score (nSPS) is 20.6. The Balaban J connectivity index is 1.38. The highest BCUT2D eigenvalue weighted by molar-refractivity contribution is 5.28. The van der Waals surface area contributed by atoms with Gasteiger partial charge in [0.15, 0.2) is 0 Å². The molecule has 0 amide bonds. The molecule has 2 fully saturated rings. The van der Waals surface area contributed by atoms with Crippen LogP contribution >= 0.6 is 0 Å². The zero-order valence-electron chi connectivity index (χ0n) is 17.1. The molecule has 1 N–H and O–H groups in total. The first-order valence-corrected chi connectivity index (χ1v) is 10.7. The number of aliphatic hydroxyl groups is 1. The van der Waals surface area contributed by atoms with Gasteiger partial charge in [-0.1, -0.05) is 25.5 Å². The first kappa shape index (κ1) is 20.6. The van der Waals surface area contributed by atoms with Crippen molar-refractivity contribution in [3.05, 3.63) is 29.8 Å². The van der Waals surface area contributed by atoms with Crippen LogP contribution in [0.25, 0.3) is 0 Å². The van der Waals surface area contributed by atoms with Crippen molar-refractivity contribution in [2.75, 3.05) is 59.5 Å². The van der Waals surface area contributed by atoms with Gasteiger partial charge in [-0.15, -0.1) is 0 Å². The largest absolute Gasteiger partial charge is 0.491 e. The van der Waals surface area contributed by atoms with Crippen LogP contribution in [0.4, 0.5) is 0 Å². The lowest BCUT2D eigenvalue weighted by Gasteiger charge is -2.34. The van der Waals surface area contributed by atoms with E-state index in [-0.39, 0.29) is 0 Å². The number of likely N-dealkylation sites (N-methyl/N-ethyl adjacent to an activating group) is 1. The van der Waals surface area contributed by atoms with Gasteiger partial charge in [0.25, 0.3) is 0 Å². The van der Waals surface area contributed by atoms with Crippen LogP contribution in [0.1, 0.15) is 31.7 Å². The molecule has 0 radical (unpaired) electrons. The summed E-state index contributed by atoms with van der Waals surface area (Å²) >= 11 is 0. The van der Waals surface area contributed by atoms with E-state index in [1.807, 2.05) is 6.07 Å². The Hall–Kier alpha value is -1.14. The molecule has 152 valence electrons. The molecule has 5 heteroatoms. The lowest BCUT2D eigenvalue weighted by Crippen LogP contribution is -2.49. The summed E-state index contributed by atoms with van der Waals surface area (Å²) in [5.41, 5.74) is 1.28.